The molecule has 0 spiro atoms. The highest BCUT2D eigenvalue weighted by Crippen LogP contribution is 2.25. The summed E-state index contributed by atoms with van der Waals surface area (Å²) < 4.78 is 5.63. The lowest BCUT2D eigenvalue weighted by molar-refractivity contribution is 0.0885. The molecule has 0 amide bonds. The van der Waals surface area contributed by atoms with Gasteiger partial charge in [0.15, 0.2) is 0 Å². The molecule has 0 aromatic rings. The monoisotopic (exact) mass is 226 g/mol. The summed E-state index contributed by atoms with van der Waals surface area (Å²) in [5.74, 6) is 0.923. The molecule has 2 N–H and O–H groups in total. The highest BCUT2D eigenvalue weighted by atomic mass is 16.5. The molecule has 94 valence electrons. The van der Waals surface area contributed by atoms with Crippen LogP contribution in [0, 0.1) is 5.92 Å². The number of nitrogens with one attached hydrogen (secondary N) is 2. The fourth-order valence-electron chi connectivity index (χ4n) is 2.79. The lowest BCUT2D eigenvalue weighted by Crippen LogP contribution is -2.48. The maximum Gasteiger partial charge on any atom is 0.0726 e. The predicted octanol–water partition coefficient (Wildman–Crippen LogP) is 1.53. The standard InChI is InChI=1S/C13H26N2O/c1-11-13(2,6-9-16-11)15-7-3-4-12-5-8-14-10-12/h11-12,14-15H,3-10H2,1-2H3. The number of hydrogen-bond donors (Lipinski definition) is 2. The summed E-state index contributed by atoms with van der Waals surface area (Å²) in [6, 6.07) is 0. The van der Waals surface area contributed by atoms with Gasteiger partial charge in [0, 0.05) is 12.1 Å². The van der Waals surface area contributed by atoms with Gasteiger partial charge in [0.25, 0.3) is 0 Å². The molecule has 2 rings (SSSR count). The Balaban J connectivity index is 1.60. The van der Waals surface area contributed by atoms with Gasteiger partial charge in [-0.05, 0) is 65.1 Å². The Hall–Kier alpha value is -0.120. The Morgan fingerprint density at radius 2 is 2.38 bits per heavy atom. The average molecular weight is 226 g/mol. The van der Waals surface area contributed by atoms with E-state index in [4.69, 9.17) is 4.74 Å². The molecular formula is C13H26N2O. The maximum atomic E-state index is 5.63. The van der Waals surface area contributed by atoms with Gasteiger partial charge in [-0.2, -0.15) is 0 Å². The molecule has 0 aromatic carbocycles. The number of ether oxygens (including phenoxy) is 1. The second kappa shape index (κ2) is 5.48. The van der Waals surface area contributed by atoms with E-state index in [9.17, 15) is 0 Å². The van der Waals surface area contributed by atoms with Gasteiger partial charge in [-0.15, -0.1) is 0 Å². The van der Waals surface area contributed by atoms with E-state index in [1.54, 1.807) is 0 Å². The van der Waals surface area contributed by atoms with E-state index < -0.39 is 0 Å². The fourth-order valence-corrected chi connectivity index (χ4v) is 2.79. The van der Waals surface area contributed by atoms with Crippen LogP contribution in [-0.2, 0) is 4.74 Å². The largest absolute Gasteiger partial charge is 0.377 e. The first-order valence-corrected chi connectivity index (χ1v) is 6.78. The molecule has 2 aliphatic rings. The van der Waals surface area contributed by atoms with Crippen LogP contribution in [0.1, 0.15) is 39.5 Å². The average Bonchev–Trinajstić information content (AvgIpc) is 2.86. The van der Waals surface area contributed by atoms with E-state index in [1.807, 2.05) is 0 Å². The quantitative estimate of drug-likeness (QED) is 0.698. The second-order valence-corrected chi connectivity index (χ2v) is 5.61. The summed E-state index contributed by atoms with van der Waals surface area (Å²) >= 11 is 0. The van der Waals surface area contributed by atoms with E-state index in [-0.39, 0.29) is 5.54 Å². The van der Waals surface area contributed by atoms with Crippen molar-refractivity contribution < 1.29 is 4.74 Å². The summed E-state index contributed by atoms with van der Waals surface area (Å²) in [6.07, 6.45) is 5.55. The minimum atomic E-state index is 0.216. The summed E-state index contributed by atoms with van der Waals surface area (Å²) in [7, 11) is 0. The lowest BCUT2D eigenvalue weighted by Gasteiger charge is -2.29. The van der Waals surface area contributed by atoms with E-state index in [1.165, 1.54) is 32.4 Å². The van der Waals surface area contributed by atoms with Gasteiger partial charge in [0.05, 0.1) is 6.10 Å². The van der Waals surface area contributed by atoms with Crippen molar-refractivity contribution >= 4 is 0 Å². The zero-order chi connectivity index (χ0) is 11.4. The Kier molecular flexibility index (Phi) is 4.22. The Bertz CT molecular complexity index is 216. The van der Waals surface area contributed by atoms with E-state index in [2.05, 4.69) is 24.5 Å². The molecule has 0 saturated carbocycles. The molecule has 0 aliphatic carbocycles. The first-order chi connectivity index (χ1) is 7.71. The smallest absolute Gasteiger partial charge is 0.0726 e. The van der Waals surface area contributed by atoms with Crippen molar-refractivity contribution in [1.82, 2.24) is 10.6 Å². The van der Waals surface area contributed by atoms with Gasteiger partial charge >= 0.3 is 0 Å². The van der Waals surface area contributed by atoms with Crippen molar-refractivity contribution in [2.75, 3.05) is 26.2 Å². The van der Waals surface area contributed by atoms with E-state index in [0.717, 1.165) is 25.5 Å². The molecule has 16 heavy (non-hydrogen) atoms. The third-order valence-electron chi connectivity index (χ3n) is 4.37. The molecule has 0 radical (unpaired) electrons. The summed E-state index contributed by atoms with van der Waals surface area (Å²) in [5.41, 5.74) is 0.216. The molecule has 0 aromatic heterocycles. The topological polar surface area (TPSA) is 33.3 Å². The second-order valence-electron chi connectivity index (χ2n) is 5.61. The molecule has 2 aliphatic heterocycles. The Morgan fingerprint density at radius 3 is 3.00 bits per heavy atom. The van der Waals surface area contributed by atoms with Gasteiger partial charge in [0.1, 0.15) is 0 Å². The van der Waals surface area contributed by atoms with Crippen LogP contribution in [0.15, 0.2) is 0 Å². The normalized spacial score (nSPS) is 39.4. The minimum Gasteiger partial charge on any atom is -0.377 e. The van der Waals surface area contributed by atoms with Crippen molar-refractivity contribution in [2.24, 2.45) is 5.92 Å². The molecule has 3 nitrogen and oxygen atoms in total. The number of rotatable bonds is 5. The zero-order valence-electron chi connectivity index (χ0n) is 10.7. The SMILES string of the molecule is CC1OCCC1(C)NCCCC1CCNC1. The Labute approximate surface area is 99.3 Å². The molecule has 2 saturated heterocycles. The predicted molar refractivity (Wildman–Crippen MR) is 66.6 cm³/mol. The molecule has 3 heteroatoms. The fraction of sp³-hybridized carbons (Fsp3) is 1.00. The molecule has 2 fully saturated rings. The minimum absolute atomic E-state index is 0.216. The van der Waals surface area contributed by atoms with Crippen LogP contribution in [-0.4, -0.2) is 37.9 Å². The van der Waals surface area contributed by atoms with Crippen LogP contribution in [0.5, 0.6) is 0 Å². The molecule has 2 heterocycles. The van der Waals surface area contributed by atoms with Crippen LogP contribution >= 0.6 is 0 Å². The third kappa shape index (κ3) is 2.96. The Morgan fingerprint density at radius 1 is 1.50 bits per heavy atom. The van der Waals surface area contributed by atoms with Crippen molar-refractivity contribution in [3.05, 3.63) is 0 Å². The van der Waals surface area contributed by atoms with Crippen LogP contribution in [0.3, 0.4) is 0 Å². The van der Waals surface area contributed by atoms with Crippen LogP contribution in [0.4, 0.5) is 0 Å². The van der Waals surface area contributed by atoms with Crippen molar-refractivity contribution in [3.8, 4) is 0 Å². The summed E-state index contributed by atoms with van der Waals surface area (Å²) in [6.45, 7) is 8.98. The summed E-state index contributed by atoms with van der Waals surface area (Å²) in [4.78, 5) is 0. The zero-order valence-corrected chi connectivity index (χ0v) is 10.7. The molecular weight excluding hydrogens is 200 g/mol. The summed E-state index contributed by atoms with van der Waals surface area (Å²) in [5, 5.41) is 7.11. The first kappa shape index (κ1) is 12.3. The van der Waals surface area contributed by atoms with E-state index >= 15 is 0 Å². The van der Waals surface area contributed by atoms with Crippen molar-refractivity contribution in [3.63, 3.8) is 0 Å². The van der Waals surface area contributed by atoms with Crippen molar-refractivity contribution in [2.45, 2.75) is 51.2 Å². The van der Waals surface area contributed by atoms with Gasteiger partial charge in [0.2, 0.25) is 0 Å². The first-order valence-electron chi connectivity index (χ1n) is 6.78. The van der Waals surface area contributed by atoms with Crippen LogP contribution in [0.25, 0.3) is 0 Å². The lowest BCUT2D eigenvalue weighted by atomic mass is 9.94. The van der Waals surface area contributed by atoms with Gasteiger partial charge < -0.3 is 15.4 Å². The molecule has 3 unspecified atom stereocenters. The molecule has 0 bridgehead atoms. The number of hydrogen-bond acceptors (Lipinski definition) is 3. The van der Waals surface area contributed by atoms with Crippen molar-refractivity contribution in [1.29, 1.82) is 0 Å². The highest BCUT2D eigenvalue weighted by molar-refractivity contribution is 4.93. The molecule has 3 atom stereocenters. The maximum absolute atomic E-state index is 5.63. The third-order valence-corrected chi connectivity index (χ3v) is 4.37. The van der Waals surface area contributed by atoms with Gasteiger partial charge in [-0.25, -0.2) is 0 Å². The van der Waals surface area contributed by atoms with Crippen LogP contribution < -0.4 is 10.6 Å². The van der Waals surface area contributed by atoms with E-state index in [0.29, 0.717) is 6.10 Å². The van der Waals surface area contributed by atoms with Gasteiger partial charge in [-0.3, -0.25) is 0 Å². The highest BCUT2D eigenvalue weighted by Gasteiger charge is 2.36. The van der Waals surface area contributed by atoms with Gasteiger partial charge in [-0.1, -0.05) is 0 Å². The van der Waals surface area contributed by atoms with Crippen LogP contribution in [0.2, 0.25) is 0 Å².